The number of carbonyl (C=O) groups excluding carboxylic acids is 1. The Morgan fingerprint density at radius 3 is 2.47 bits per heavy atom. The van der Waals surface area contributed by atoms with Crippen LogP contribution in [0.25, 0.3) is 0 Å². The molecular formula is C13H26N2O2. The van der Waals surface area contributed by atoms with Crippen molar-refractivity contribution < 1.29 is 9.53 Å². The van der Waals surface area contributed by atoms with Crippen molar-refractivity contribution in [1.82, 2.24) is 4.90 Å². The average Bonchev–Trinajstić information content (AvgIpc) is 2.36. The van der Waals surface area contributed by atoms with E-state index >= 15 is 0 Å². The van der Waals surface area contributed by atoms with Crippen molar-refractivity contribution in [3.63, 3.8) is 0 Å². The molecule has 4 nitrogen and oxygen atoms in total. The topological polar surface area (TPSA) is 55.6 Å². The molecule has 1 rings (SSSR count). The fraction of sp³-hybridized carbons (Fsp3) is 0.923. The second-order valence-corrected chi connectivity index (χ2v) is 5.61. The molecule has 0 aromatic carbocycles. The molecule has 1 heterocycles. The Kier molecular flexibility index (Phi) is 5.40. The van der Waals surface area contributed by atoms with Crippen LogP contribution < -0.4 is 5.73 Å². The first kappa shape index (κ1) is 14.5. The van der Waals surface area contributed by atoms with Crippen LogP contribution in [0.4, 0.5) is 0 Å². The molecule has 1 saturated heterocycles. The van der Waals surface area contributed by atoms with Crippen LogP contribution in [0.5, 0.6) is 0 Å². The van der Waals surface area contributed by atoms with Crippen LogP contribution in [0.2, 0.25) is 0 Å². The maximum atomic E-state index is 12.4. The lowest BCUT2D eigenvalue weighted by atomic mass is 9.91. The summed E-state index contributed by atoms with van der Waals surface area (Å²) in [5, 5.41) is 0. The monoisotopic (exact) mass is 242 g/mol. The van der Waals surface area contributed by atoms with Crippen LogP contribution in [0.3, 0.4) is 0 Å². The zero-order valence-corrected chi connectivity index (χ0v) is 11.4. The largest absolute Gasteiger partial charge is 0.381 e. The summed E-state index contributed by atoms with van der Waals surface area (Å²) in [4.78, 5) is 14.3. The molecule has 0 unspecified atom stereocenters. The van der Waals surface area contributed by atoms with Crippen LogP contribution in [0.15, 0.2) is 0 Å². The van der Waals surface area contributed by atoms with Crippen LogP contribution in [0.1, 0.15) is 33.6 Å². The van der Waals surface area contributed by atoms with E-state index in [0.29, 0.717) is 19.8 Å². The van der Waals surface area contributed by atoms with E-state index in [9.17, 15) is 4.79 Å². The van der Waals surface area contributed by atoms with Gasteiger partial charge in [-0.15, -0.1) is 0 Å². The van der Waals surface area contributed by atoms with Crippen molar-refractivity contribution in [2.45, 2.75) is 33.6 Å². The average molecular weight is 242 g/mol. The number of rotatable bonds is 5. The standard InChI is InChI=1S/C13H26N2O2/c1-4-15(10-13(2,3)9-14)12(16)11-5-7-17-8-6-11/h11H,4-10,14H2,1-3H3. The minimum absolute atomic E-state index is 0.00314. The maximum absolute atomic E-state index is 12.4. The second kappa shape index (κ2) is 6.36. The molecule has 1 fully saturated rings. The van der Waals surface area contributed by atoms with Gasteiger partial charge in [0.2, 0.25) is 5.91 Å². The quantitative estimate of drug-likeness (QED) is 0.789. The Morgan fingerprint density at radius 1 is 1.41 bits per heavy atom. The molecule has 0 atom stereocenters. The Bertz CT molecular complexity index is 248. The first-order chi connectivity index (χ1) is 8.00. The van der Waals surface area contributed by atoms with Gasteiger partial charge in [0.25, 0.3) is 0 Å². The summed E-state index contributed by atoms with van der Waals surface area (Å²) >= 11 is 0. The van der Waals surface area contributed by atoms with E-state index in [1.807, 2.05) is 11.8 Å². The van der Waals surface area contributed by atoms with Gasteiger partial charge in [-0.25, -0.2) is 0 Å². The van der Waals surface area contributed by atoms with E-state index in [1.54, 1.807) is 0 Å². The molecule has 0 saturated carbocycles. The normalized spacial score (nSPS) is 18.1. The number of nitrogens with zero attached hydrogens (tertiary/aromatic N) is 1. The minimum Gasteiger partial charge on any atom is -0.381 e. The number of carbonyl (C=O) groups is 1. The van der Waals surface area contributed by atoms with Crippen LogP contribution in [0, 0.1) is 11.3 Å². The van der Waals surface area contributed by atoms with Crippen molar-refractivity contribution in [2.24, 2.45) is 17.1 Å². The number of nitrogens with two attached hydrogens (primary N) is 1. The molecule has 2 N–H and O–H groups in total. The van der Waals surface area contributed by atoms with Gasteiger partial charge >= 0.3 is 0 Å². The van der Waals surface area contributed by atoms with Crippen molar-refractivity contribution >= 4 is 5.91 Å². The predicted octanol–water partition coefficient (Wildman–Crippen LogP) is 1.25. The molecule has 4 heteroatoms. The molecule has 1 aliphatic rings. The third-order valence-electron chi connectivity index (χ3n) is 3.44. The SMILES string of the molecule is CCN(CC(C)(C)CN)C(=O)C1CCOCC1. The molecule has 0 aliphatic carbocycles. The van der Waals surface area contributed by atoms with Gasteiger partial charge in [0.05, 0.1) is 0 Å². The molecule has 0 bridgehead atoms. The summed E-state index contributed by atoms with van der Waals surface area (Å²) in [6.45, 7) is 9.78. The zero-order chi connectivity index (χ0) is 12.9. The number of amides is 1. The minimum atomic E-state index is -0.00314. The first-order valence-electron chi connectivity index (χ1n) is 6.57. The zero-order valence-electron chi connectivity index (χ0n) is 11.4. The highest BCUT2D eigenvalue weighted by atomic mass is 16.5. The van der Waals surface area contributed by atoms with E-state index in [1.165, 1.54) is 0 Å². The van der Waals surface area contributed by atoms with E-state index < -0.39 is 0 Å². The van der Waals surface area contributed by atoms with Gasteiger partial charge < -0.3 is 15.4 Å². The molecule has 1 amide bonds. The molecule has 100 valence electrons. The Morgan fingerprint density at radius 2 is 2.00 bits per heavy atom. The van der Waals surface area contributed by atoms with Crippen LogP contribution >= 0.6 is 0 Å². The number of ether oxygens (including phenoxy) is 1. The van der Waals surface area contributed by atoms with Gasteiger partial charge in [-0.1, -0.05) is 13.8 Å². The molecule has 0 radical (unpaired) electrons. The van der Waals surface area contributed by atoms with Crippen LogP contribution in [-0.2, 0) is 9.53 Å². The molecular weight excluding hydrogens is 216 g/mol. The summed E-state index contributed by atoms with van der Waals surface area (Å²) in [6, 6.07) is 0. The highest BCUT2D eigenvalue weighted by Crippen LogP contribution is 2.21. The third-order valence-corrected chi connectivity index (χ3v) is 3.44. The smallest absolute Gasteiger partial charge is 0.225 e. The summed E-state index contributed by atoms with van der Waals surface area (Å²) in [6.07, 6.45) is 1.72. The predicted molar refractivity (Wildman–Crippen MR) is 68.6 cm³/mol. The fourth-order valence-electron chi connectivity index (χ4n) is 2.13. The first-order valence-corrected chi connectivity index (χ1v) is 6.57. The van der Waals surface area contributed by atoms with Crippen molar-refractivity contribution in [1.29, 1.82) is 0 Å². The van der Waals surface area contributed by atoms with Gasteiger partial charge in [-0.3, -0.25) is 4.79 Å². The van der Waals surface area contributed by atoms with Crippen LogP contribution in [-0.4, -0.2) is 43.7 Å². The molecule has 0 aromatic rings. The van der Waals surface area contributed by atoms with E-state index in [-0.39, 0.29) is 17.2 Å². The van der Waals surface area contributed by atoms with Gasteiger partial charge in [0, 0.05) is 32.2 Å². The molecule has 17 heavy (non-hydrogen) atoms. The van der Waals surface area contributed by atoms with Gasteiger partial charge in [0.1, 0.15) is 0 Å². The summed E-state index contributed by atoms with van der Waals surface area (Å²) in [7, 11) is 0. The Hall–Kier alpha value is -0.610. The fourth-order valence-corrected chi connectivity index (χ4v) is 2.13. The summed E-state index contributed by atoms with van der Waals surface area (Å²) in [5.41, 5.74) is 5.73. The Balaban J connectivity index is 2.56. The summed E-state index contributed by atoms with van der Waals surface area (Å²) < 4.78 is 5.29. The van der Waals surface area contributed by atoms with Gasteiger partial charge in [-0.2, -0.15) is 0 Å². The maximum Gasteiger partial charge on any atom is 0.225 e. The number of hydrogen-bond acceptors (Lipinski definition) is 3. The summed E-state index contributed by atoms with van der Waals surface area (Å²) in [5.74, 6) is 0.426. The second-order valence-electron chi connectivity index (χ2n) is 5.61. The molecule has 0 spiro atoms. The van der Waals surface area contributed by atoms with Crippen molar-refractivity contribution in [3.05, 3.63) is 0 Å². The highest BCUT2D eigenvalue weighted by molar-refractivity contribution is 5.79. The van der Waals surface area contributed by atoms with E-state index in [2.05, 4.69) is 13.8 Å². The molecule has 0 aromatic heterocycles. The van der Waals surface area contributed by atoms with E-state index in [4.69, 9.17) is 10.5 Å². The lowest BCUT2D eigenvalue weighted by molar-refractivity contribution is -0.139. The number of hydrogen-bond donors (Lipinski definition) is 1. The Labute approximate surface area is 104 Å². The van der Waals surface area contributed by atoms with Gasteiger partial charge in [-0.05, 0) is 31.7 Å². The van der Waals surface area contributed by atoms with E-state index in [0.717, 1.165) is 25.9 Å². The lowest BCUT2D eigenvalue weighted by Crippen LogP contribution is -2.45. The molecule has 1 aliphatic heterocycles. The van der Waals surface area contributed by atoms with Gasteiger partial charge in [0.15, 0.2) is 0 Å². The third kappa shape index (κ3) is 4.28. The van der Waals surface area contributed by atoms with Crippen molar-refractivity contribution in [2.75, 3.05) is 32.8 Å². The van der Waals surface area contributed by atoms with Crippen molar-refractivity contribution in [3.8, 4) is 0 Å². The lowest BCUT2D eigenvalue weighted by Gasteiger charge is -2.34. The highest BCUT2D eigenvalue weighted by Gasteiger charge is 2.28.